The molecule has 0 radical (unpaired) electrons. The SMILES string of the molecule is Cc1ccc2c(c1)c1cnc3ccccc3c1n2-c1ccccc1.c1ccc(-n2c3ccc(-c4cccc(-c5ccc6c(c5)c5c7cnccc7ncc5n6-c5ccccc5)c4)cc3c3ccncc32)cc1.c1ccc(-n2c3ccc(-c4cccc(-c5ccc6sc7cnccc7c6c5)c4)cc3c3c4ccccc4ncc32)cc1.c1ccc(-n2c3ccccc3c3ccccc32)cc1. The van der Waals surface area contributed by atoms with E-state index in [1.807, 2.05) is 67.9 Å². The lowest BCUT2D eigenvalue weighted by Crippen LogP contribution is -1.94. The number of fused-ring (bicyclic) bond motifs is 24. The fourth-order valence-corrected chi connectivity index (χ4v) is 21.1. The van der Waals surface area contributed by atoms with Gasteiger partial charge in [0.25, 0.3) is 0 Å². The maximum absolute atomic E-state index is 4.83. The zero-order valence-electron chi connectivity index (χ0n) is 72.2. The van der Waals surface area contributed by atoms with Crippen molar-refractivity contribution in [1.29, 1.82) is 0 Å². The Balaban J connectivity index is 0.000000101. The second-order valence-corrected chi connectivity index (χ2v) is 34.9. The minimum absolute atomic E-state index is 0.941. The standard InChI is InChI=1S/C43H27N5.C38H23N3S.C22H16N2.C18H13N/c1-3-10-32(11-4-1)47-39-16-14-30(23-35(39)34-18-20-45-26-41(34)47)28-8-7-9-29(22-28)31-15-17-40-36(24-31)43-37-25-44-21-19-38(37)46-27-42(43)48(40)33-12-5-2-6-13-33;1-2-9-28(10-3-1)41-34-15-13-26(21-32(34)38-30-11-4-5-12-33(30)40-22-35(38)41)24-7-6-8-25(19-24)27-14-16-36-31(20-27)29-17-18-39-23-37(29)42-36;1-15-11-12-21-18(13-15)19-14-23-20-10-6-5-9-17(20)22(19)24(21)16-7-3-2-4-8-16;1-2-8-14(9-3-1)19-17-12-6-4-10-15(17)16-11-5-7-13-18(16)19/h1-27H;1-23H;2-14H,1H3;1-13H. The second kappa shape index (κ2) is 32.6. The van der Waals surface area contributed by atoms with Crippen molar-refractivity contribution in [3.05, 3.63) is 468 Å². The van der Waals surface area contributed by atoms with Crippen LogP contribution >= 0.6 is 11.3 Å². The lowest BCUT2D eigenvalue weighted by molar-refractivity contribution is 1.17. The van der Waals surface area contributed by atoms with Gasteiger partial charge < -0.3 is 22.8 Å². The summed E-state index contributed by atoms with van der Waals surface area (Å²) >= 11 is 1.80. The molecule has 0 bridgehead atoms. The van der Waals surface area contributed by atoms with E-state index in [1.54, 1.807) is 11.3 Å². The molecule has 0 fully saturated rings. The van der Waals surface area contributed by atoms with Gasteiger partial charge >= 0.3 is 0 Å². The van der Waals surface area contributed by atoms with Crippen LogP contribution in [0.1, 0.15) is 5.56 Å². The quantitative estimate of drug-likeness (QED) is 0.143. The van der Waals surface area contributed by atoms with E-state index in [0.29, 0.717) is 0 Å². The largest absolute Gasteiger partial charge is 0.309 e. The summed E-state index contributed by atoms with van der Waals surface area (Å²) in [5.74, 6) is 0. The van der Waals surface area contributed by atoms with Crippen LogP contribution in [0.4, 0.5) is 0 Å². The van der Waals surface area contributed by atoms with Crippen LogP contribution in [0.25, 0.3) is 235 Å². The van der Waals surface area contributed by atoms with Gasteiger partial charge in [-0.1, -0.05) is 236 Å². The molecule has 28 aromatic rings. The minimum Gasteiger partial charge on any atom is -0.309 e. The third-order valence-electron chi connectivity index (χ3n) is 26.1. The van der Waals surface area contributed by atoms with Gasteiger partial charge in [0.1, 0.15) is 0 Å². The predicted molar refractivity (Wildman–Crippen MR) is 556 cm³/mol. The highest BCUT2D eigenvalue weighted by atomic mass is 32.1. The van der Waals surface area contributed by atoms with Gasteiger partial charge in [0, 0.05) is 151 Å². The molecule has 11 nitrogen and oxygen atoms in total. The van der Waals surface area contributed by atoms with Crippen molar-refractivity contribution in [3.63, 3.8) is 0 Å². The van der Waals surface area contributed by atoms with E-state index in [9.17, 15) is 0 Å². The number of aromatic nitrogens is 11. The molecule has 0 unspecified atom stereocenters. The van der Waals surface area contributed by atoms with Gasteiger partial charge in [0.05, 0.1) is 95.0 Å². The number of hydrogen-bond acceptors (Lipinski definition) is 7. The van der Waals surface area contributed by atoms with Crippen LogP contribution in [0.3, 0.4) is 0 Å². The number of benzene rings is 16. The van der Waals surface area contributed by atoms with E-state index >= 15 is 0 Å². The number of aryl methyl sites for hydroxylation is 1. The molecule has 12 aromatic heterocycles. The molecular formula is C121H79N11S. The van der Waals surface area contributed by atoms with E-state index in [-0.39, 0.29) is 0 Å². The first kappa shape index (κ1) is 77.7. The normalized spacial score (nSPS) is 11.6. The molecule has 12 heterocycles. The van der Waals surface area contributed by atoms with Crippen molar-refractivity contribution >= 4 is 173 Å². The van der Waals surface area contributed by atoms with Crippen molar-refractivity contribution < 1.29 is 0 Å². The summed E-state index contributed by atoms with van der Waals surface area (Å²) in [6.07, 6.45) is 17.5. The van der Waals surface area contributed by atoms with E-state index in [1.165, 1.54) is 174 Å². The Bertz CT molecular complexity index is 9370. The Morgan fingerprint density at radius 2 is 0.549 bits per heavy atom. The smallest absolute Gasteiger partial charge is 0.0740 e. The molecule has 12 heteroatoms. The third-order valence-corrected chi connectivity index (χ3v) is 27.2. The van der Waals surface area contributed by atoms with E-state index in [4.69, 9.17) is 9.97 Å². The number of para-hydroxylation sites is 9. The van der Waals surface area contributed by atoms with Gasteiger partial charge in [0.2, 0.25) is 0 Å². The Morgan fingerprint density at radius 1 is 0.188 bits per heavy atom. The summed E-state index contributed by atoms with van der Waals surface area (Å²) in [6.45, 7) is 2.14. The van der Waals surface area contributed by atoms with Crippen LogP contribution in [-0.2, 0) is 0 Å². The van der Waals surface area contributed by atoms with Crippen molar-refractivity contribution in [2.24, 2.45) is 0 Å². The average molecular weight is 1720 g/mol. The van der Waals surface area contributed by atoms with Crippen molar-refractivity contribution in [2.45, 2.75) is 6.92 Å². The number of hydrogen-bond donors (Lipinski definition) is 0. The van der Waals surface area contributed by atoms with Crippen LogP contribution in [0, 0.1) is 6.92 Å². The molecule has 0 aliphatic carbocycles. The fourth-order valence-electron chi connectivity index (χ4n) is 20.1. The van der Waals surface area contributed by atoms with Crippen molar-refractivity contribution in [3.8, 4) is 72.9 Å². The van der Waals surface area contributed by atoms with Crippen LogP contribution in [0.5, 0.6) is 0 Å². The molecule has 624 valence electrons. The Kier molecular flexibility index (Phi) is 19.1. The molecule has 0 aliphatic rings. The fraction of sp³-hybridized carbons (Fsp3) is 0.00826. The molecular weight excluding hydrogens is 1640 g/mol. The molecule has 0 amide bonds. The summed E-state index contributed by atoms with van der Waals surface area (Å²) < 4.78 is 14.1. The van der Waals surface area contributed by atoms with Crippen LogP contribution < -0.4 is 0 Å². The first-order chi connectivity index (χ1) is 65.9. The number of nitrogens with zero attached hydrogens (tertiary/aromatic N) is 11. The van der Waals surface area contributed by atoms with Crippen LogP contribution in [0.2, 0.25) is 0 Å². The van der Waals surface area contributed by atoms with Gasteiger partial charge in [-0.2, -0.15) is 0 Å². The summed E-state index contributed by atoms with van der Waals surface area (Å²) in [5.41, 5.74) is 31.3. The molecule has 133 heavy (non-hydrogen) atoms. The molecule has 0 atom stereocenters. The maximum Gasteiger partial charge on any atom is 0.0740 e. The number of pyridine rings is 6. The molecule has 0 saturated heterocycles. The van der Waals surface area contributed by atoms with Gasteiger partial charge in [-0.05, 0) is 227 Å². The zero-order chi connectivity index (χ0) is 88.0. The minimum atomic E-state index is 0.941. The van der Waals surface area contributed by atoms with E-state index in [0.717, 1.165) is 66.6 Å². The summed E-state index contributed by atoms with van der Waals surface area (Å²) in [6, 6.07) is 145. The molecule has 0 aliphatic heterocycles. The van der Waals surface area contributed by atoms with Crippen molar-refractivity contribution in [2.75, 3.05) is 0 Å². The molecule has 0 spiro atoms. The van der Waals surface area contributed by atoms with Gasteiger partial charge in [-0.3, -0.25) is 29.9 Å². The molecule has 0 N–H and O–H groups in total. The Hall–Kier alpha value is -17.6. The van der Waals surface area contributed by atoms with Gasteiger partial charge in [-0.15, -0.1) is 11.3 Å². The average Bonchev–Trinajstić information content (AvgIpc) is 1.57. The van der Waals surface area contributed by atoms with Crippen molar-refractivity contribution in [1.82, 2.24) is 52.7 Å². The lowest BCUT2D eigenvalue weighted by Gasteiger charge is -2.10. The summed E-state index contributed by atoms with van der Waals surface area (Å²) in [5, 5.41) is 18.3. The lowest BCUT2D eigenvalue weighted by atomic mass is 9.97. The Labute approximate surface area is 768 Å². The second-order valence-electron chi connectivity index (χ2n) is 33.8. The highest BCUT2D eigenvalue weighted by Crippen LogP contribution is 2.45. The highest BCUT2D eigenvalue weighted by molar-refractivity contribution is 7.25. The predicted octanol–water partition coefficient (Wildman–Crippen LogP) is 31.4. The van der Waals surface area contributed by atoms with Gasteiger partial charge in [-0.25, -0.2) is 0 Å². The highest BCUT2D eigenvalue weighted by Gasteiger charge is 2.23. The summed E-state index contributed by atoms with van der Waals surface area (Å²) in [7, 11) is 0. The zero-order valence-corrected chi connectivity index (χ0v) is 73.0. The monoisotopic (exact) mass is 1720 g/mol. The summed E-state index contributed by atoms with van der Waals surface area (Å²) in [4.78, 5) is 27.6. The maximum atomic E-state index is 4.83. The van der Waals surface area contributed by atoms with Gasteiger partial charge in [0.15, 0.2) is 0 Å². The number of rotatable bonds is 9. The molecule has 28 rings (SSSR count). The topological polar surface area (TPSA) is 102 Å². The molecule has 16 aromatic carbocycles. The van der Waals surface area contributed by atoms with Crippen LogP contribution in [0.15, 0.2) is 462 Å². The van der Waals surface area contributed by atoms with Crippen LogP contribution in [-0.4, -0.2) is 52.7 Å². The first-order valence-corrected chi connectivity index (χ1v) is 45.6. The van der Waals surface area contributed by atoms with E-state index in [2.05, 4.69) is 444 Å². The number of thiophene rings is 1. The Morgan fingerprint density at radius 3 is 1.11 bits per heavy atom. The van der Waals surface area contributed by atoms with E-state index < -0.39 is 0 Å². The molecule has 0 saturated carbocycles. The first-order valence-electron chi connectivity index (χ1n) is 44.8. The third kappa shape index (κ3) is 13.5.